The molecule has 1 fully saturated rings. The molecule has 0 radical (unpaired) electrons. The minimum atomic E-state index is 0.0764. The van der Waals surface area contributed by atoms with Crippen LogP contribution in [-0.4, -0.2) is 29.7 Å². The molecular formula is C19H23N3OS. The first-order chi connectivity index (χ1) is 11.8. The molecule has 126 valence electrons. The van der Waals surface area contributed by atoms with Gasteiger partial charge < -0.3 is 10.2 Å². The molecule has 0 aliphatic carbocycles. The van der Waals surface area contributed by atoms with Crippen LogP contribution in [0.5, 0.6) is 0 Å². The Kier molecular flexibility index (Phi) is 6.13. The number of nitrogens with one attached hydrogen (secondary N) is 1. The van der Waals surface area contributed by atoms with Crippen molar-refractivity contribution in [2.45, 2.75) is 25.1 Å². The van der Waals surface area contributed by atoms with E-state index in [4.69, 9.17) is 0 Å². The van der Waals surface area contributed by atoms with Gasteiger partial charge >= 0.3 is 0 Å². The van der Waals surface area contributed by atoms with Gasteiger partial charge in [-0.15, -0.1) is 11.8 Å². The quantitative estimate of drug-likeness (QED) is 0.840. The van der Waals surface area contributed by atoms with Crippen molar-refractivity contribution < 1.29 is 4.79 Å². The lowest BCUT2D eigenvalue weighted by molar-refractivity contribution is -0.118. The molecule has 0 spiro atoms. The maximum Gasteiger partial charge on any atom is 0.230 e. The first-order valence-electron chi connectivity index (χ1n) is 8.38. The molecule has 0 bridgehead atoms. The molecule has 1 N–H and O–H groups in total. The minimum absolute atomic E-state index is 0.0764. The number of pyridine rings is 1. The van der Waals surface area contributed by atoms with Gasteiger partial charge in [-0.25, -0.2) is 0 Å². The second kappa shape index (κ2) is 8.73. The van der Waals surface area contributed by atoms with Crippen LogP contribution in [0, 0.1) is 0 Å². The monoisotopic (exact) mass is 341 g/mol. The summed E-state index contributed by atoms with van der Waals surface area (Å²) in [5.74, 6) is 1.36. The van der Waals surface area contributed by atoms with Crippen molar-refractivity contribution in [3.63, 3.8) is 0 Å². The molecule has 0 saturated carbocycles. The summed E-state index contributed by atoms with van der Waals surface area (Å²) in [6.07, 6.45) is 6.17. The van der Waals surface area contributed by atoms with Gasteiger partial charge in [-0.3, -0.25) is 9.78 Å². The van der Waals surface area contributed by atoms with Crippen LogP contribution in [0.3, 0.4) is 0 Å². The standard InChI is InChI=1S/C19H23N3OS/c23-19(15-24-14-17-4-3-9-20-12-17)21-13-16-5-7-18(8-6-16)22-10-1-2-11-22/h3-9,12H,1-2,10-11,13-15H2,(H,21,23). The summed E-state index contributed by atoms with van der Waals surface area (Å²) in [5.41, 5.74) is 3.57. The van der Waals surface area contributed by atoms with Crippen molar-refractivity contribution >= 4 is 23.4 Å². The predicted octanol–water partition coefficient (Wildman–Crippen LogP) is 3.23. The number of carbonyl (C=O) groups is 1. The normalized spacial score (nSPS) is 13.9. The van der Waals surface area contributed by atoms with Gasteiger partial charge in [0.2, 0.25) is 5.91 Å². The highest BCUT2D eigenvalue weighted by Gasteiger charge is 2.11. The van der Waals surface area contributed by atoms with E-state index in [-0.39, 0.29) is 5.91 Å². The van der Waals surface area contributed by atoms with E-state index in [2.05, 4.69) is 39.5 Å². The lowest BCUT2D eigenvalue weighted by atomic mass is 10.2. The summed E-state index contributed by atoms with van der Waals surface area (Å²) in [5, 5.41) is 2.99. The molecule has 24 heavy (non-hydrogen) atoms. The number of rotatable bonds is 7. The largest absolute Gasteiger partial charge is 0.372 e. The highest BCUT2D eigenvalue weighted by Crippen LogP contribution is 2.20. The number of anilines is 1. The van der Waals surface area contributed by atoms with E-state index in [1.54, 1.807) is 18.0 Å². The molecular weight excluding hydrogens is 318 g/mol. The van der Waals surface area contributed by atoms with Crippen LogP contribution >= 0.6 is 11.8 Å². The summed E-state index contributed by atoms with van der Waals surface area (Å²) in [6.45, 7) is 2.90. The van der Waals surface area contributed by atoms with Crippen molar-refractivity contribution in [3.8, 4) is 0 Å². The van der Waals surface area contributed by atoms with Crippen LogP contribution in [0.2, 0.25) is 0 Å². The van der Waals surface area contributed by atoms with Crippen LogP contribution in [0.4, 0.5) is 5.69 Å². The topological polar surface area (TPSA) is 45.2 Å². The third kappa shape index (κ3) is 4.99. The molecule has 2 heterocycles. The number of hydrogen-bond acceptors (Lipinski definition) is 4. The molecule has 1 aliphatic rings. The number of amides is 1. The lowest BCUT2D eigenvalue weighted by Gasteiger charge is -2.17. The zero-order valence-electron chi connectivity index (χ0n) is 13.8. The number of benzene rings is 1. The highest BCUT2D eigenvalue weighted by molar-refractivity contribution is 7.99. The van der Waals surface area contributed by atoms with Crippen LogP contribution in [-0.2, 0) is 17.1 Å². The maximum absolute atomic E-state index is 11.9. The average Bonchev–Trinajstić information content (AvgIpc) is 3.16. The van der Waals surface area contributed by atoms with Crippen LogP contribution in [0.15, 0.2) is 48.8 Å². The van der Waals surface area contributed by atoms with Crippen molar-refractivity contribution in [1.82, 2.24) is 10.3 Å². The Hall–Kier alpha value is -2.01. The Morgan fingerprint density at radius 1 is 1.12 bits per heavy atom. The molecule has 3 rings (SSSR count). The van der Waals surface area contributed by atoms with Crippen molar-refractivity contribution in [3.05, 3.63) is 59.9 Å². The summed E-state index contributed by atoms with van der Waals surface area (Å²) in [6, 6.07) is 12.5. The number of hydrogen-bond donors (Lipinski definition) is 1. The Morgan fingerprint density at radius 3 is 2.62 bits per heavy atom. The number of thioether (sulfide) groups is 1. The SMILES string of the molecule is O=C(CSCc1cccnc1)NCc1ccc(N2CCCC2)cc1. The first kappa shape index (κ1) is 16.8. The van der Waals surface area contributed by atoms with E-state index in [1.165, 1.54) is 18.5 Å². The minimum Gasteiger partial charge on any atom is -0.372 e. The van der Waals surface area contributed by atoms with Gasteiger partial charge in [-0.05, 0) is 42.2 Å². The van der Waals surface area contributed by atoms with Gasteiger partial charge in [-0.2, -0.15) is 0 Å². The molecule has 1 aliphatic heterocycles. The van der Waals surface area contributed by atoms with Gasteiger partial charge in [0.05, 0.1) is 5.75 Å². The zero-order valence-corrected chi connectivity index (χ0v) is 14.6. The first-order valence-corrected chi connectivity index (χ1v) is 9.54. The van der Waals surface area contributed by atoms with Gasteiger partial charge in [0.1, 0.15) is 0 Å². The summed E-state index contributed by atoms with van der Waals surface area (Å²) in [4.78, 5) is 18.4. The third-order valence-electron chi connectivity index (χ3n) is 4.12. The summed E-state index contributed by atoms with van der Waals surface area (Å²) >= 11 is 1.61. The summed E-state index contributed by atoms with van der Waals surface area (Å²) < 4.78 is 0. The molecule has 1 amide bonds. The molecule has 1 saturated heterocycles. The fourth-order valence-electron chi connectivity index (χ4n) is 2.80. The Morgan fingerprint density at radius 2 is 1.92 bits per heavy atom. The van der Waals surface area contributed by atoms with Gasteiger partial charge in [0.15, 0.2) is 0 Å². The van der Waals surface area contributed by atoms with Crippen molar-refractivity contribution in [2.24, 2.45) is 0 Å². The molecule has 0 unspecified atom stereocenters. The number of aromatic nitrogens is 1. The molecule has 2 aromatic rings. The molecule has 1 aromatic carbocycles. The van der Waals surface area contributed by atoms with Crippen LogP contribution < -0.4 is 10.2 Å². The van der Waals surface area contributed by atoms with E-state index >= 15 is 0 Å². The van der Waals surface area contributed by atoms with Crippen molar-refractivity contribution in [1.29, 1.82) is 0 Å². The number of carbonyl (C=O) groups excluding carboxylic acids is 1. The molecule has 1 aromatic heterocycles. The fraction of sp³-hybridized carbons (Fsp3) is 0.368. The predicted molar refractivity (Wildman–Crippen MR) is 100 cm³/mol. The van der Waals surface area contributed by atoms with Gasteiger partial charge in [0.25, 0.3) is 0 Å². The van der Waals surface area contributed by atoms with Crippen molar-refractivity contribution in [2.75, 3.05) is 23.7 Å². The Bertz CT molecular complexity index is 639. The highest BCUT2D eigenvalue weighted by atomic mass is 32.2. The summed E-state index contributed by atoms with van der Waals surface area (Å²) in [7, 11) is 0. The lowest BCUT2D eigenvalue weighted by Crippen LogP contribution is -2.24. The fourth-order valence-corrected chi connectivity index (χ4v) is 3.59. The second-order valence-corrected chi connectivity index (χ2v) is 6.98. The molecule has 0 atom stereocenters. The van der Waals surface area contributed by atoms with E-state index in [0.717, 1.165) is 30.0 Å². The zero-order chi connectivity index (χ0) is 16.6. The Labute approximate surface area is 147 Å². The van der Waals surface area contributed by atoms with E-state index in [9.17, 15) is 4.79 Å². The second-order valence-electron chi connectivity index (χ2n) is 5.99. The van der Waals surface area contributed by atoms with Gasteiger partial charge in [-0.1, -0.05) is 18.2 Å². The molecule has 5 heteroatoms. The maximum atomic E-state index is 11.9. The van der Waals surface area contributed by atoms with E-state index in [0.29, 0.717) is 12.3 Å². The van der Waals surface area contributed by atoms with Crippen LogP contribution in [0.1, 0.15) is 24.0 Å². The van der Waals surface area contributed by atoms with Gasteiger partial charge in [0, 0.05) is 43.5 Å². The molecule has 4 nitrogen and oxygen atoms in total. The number of nitrogens with zero attached hydrogens (tertiary/aromatic N) is 2. The third-order valence-corrected chi connectivity index (χ3v) is 5.13. The smallest absolute Gasteiger partial charge is 0.230 e. The van der Waals surface area contributed by atoms with Crippen LogP contribution in [0.25, 0.3) is 0 Å². The van der Waals surface area contributed by atoms with E-state index < -0.39 is 0 Å². The average molecular weight is 341 g/mol. The Balaban J connectivity index is 1.38. The van der Waals surface area contributed by atoms with E-state index in [1.807, 2.05) is 18.3 Å².